The third-order valence-electron chi connectivity index (χ3n) is 5.20. The van der Waals surface area contributed by atoms with E-state index in [2.05, 4.69) is 62.6 Å². The van der Waals surface area contributed by atoms with E-state index in [9.17, 15) is 0 Å². The average molecular weight is 335 g/mol. The van der Waals surface area contributed by atoms with Crippen molar-refractivity contribution in [1.29, 1.82) is 0 Å². The van der Waals surface area contributed by atoms with Gasteiger partial charge in [0.2, 0.25) is 0 Å². The first-order valence-electron chi connectivity index (χ1n) is 10.6. The van der Waals surface area contributed by atoms with Crippen molar-refractivity contribution in [3.8, 4) is 17.1 Å². The van der Waals surface area contributed by atoms with E-state index in [-0.39, 0.29) is 0 Å². The highest BCUT2D eigenvalue weighted by atomic mass is 15.2. The molecule has 1 aromatic heterocycles. The maximum atomic E-state index is 8.10. The van der Waals surface area contributed by atoms with Gasteiger partial charge in [0.25, 0.3) is 5.82 Å². The Morgan fingerprint density at radius 3 is 2.28 bits per heavy atom. The lowest BCUT2D eigenvalue weighted by Crippen LogP contribution is -2.34. The summed E-state index contributed by atoms with van der Waals surface area (Å²) in [4.78, 5) is 0. The number of benzene rings is 2. The minimum absolute atomic E-state index is 0.338. The van der Waals surface area contributed by atoms with Gasteiger partial charge in [-0.05, 0) is 17.9 Å². The van der Waals surface area contributed by atoms with Gasteiger partial charge in [0.15, 0.2) is 0 Å². The summed E-state index contributed by atoms with van der Waals surface area (Å²) in [6.45, 7) is 7.22. The molecule has 25 heavy (non-hydrogen) atoms. The van der Waals surface area contributed by atoms with E-state index in [1.54, 1.807) is 0 Å². The summed E-state index contributed by atoms with van der Waals surface area (Å²) in [6, 6.07) is 14.7. The van der Waals surface area contributed by atoms with E-state index in [1.807, 2.05) is 22.9 Å². The van der Waals surface area contributed by atoms with Gasteiger partial charge in [-0.2, -0.15) is 4.57 Å². The molecule has 0 spiro atoms. The van der Waals surface area contributed by atoms with Crippen LogP contribution in [0.5, 0.6) is 0 Å². The standard InChI is InChI=1S/C23H27N2/c1-15(2)19-11-8-12-20(16(3)4)22(19)25-13-17(5)24-14-18-9-6-7-10-21(18)23(24)25/h6-13,15-16H,14H2,1-5H3/q+1/i5D3. The molecule has 2 heteroatoms. The van der Waals surface area contributed by atoms with E-state index >= 15 is 0 Å². The van der Waals surface area contributed by atoms with Crippen molar-refractivity contribution in [3.63, 3.8) is 0 Å². The molecule has 3 aromatic rings. The summed E-state index contributed by atoms with van der Waals surface area (Å²) >= 11 is 0. The molecule has 0 aliphatic carbocycles. The SMILES string of the molecule is [2H]C([2H])([2H])c1c[n+](-c2c(C(C)C)cccc2C(C)C)c2n1Cc1ccccc1-2. The Morgan fingerprint density at radius 1 is 0.960 bits per heavy atom. The molecule has 2 nitrogen and oxygen atoms in total. The minimum atomic E-state index is -2.16. The second kappa shape index (κ2) is 5.87. The molecule has 0 radical (unpaired) electrons. The van der Waals surface area contributed by atoms with Crippen molar-refractivity contribution >= 4 is 0 Å². The normalized spacial score (nSPS) is 15.0. The first-order valence-corrected chi connectivity index (χ1v) is 9.07. The van der Waals surface area contributed by atoms with E-state index in [0.717, 1.165) is 17.1 Å². The van der Waals surface area contributed by atoms with E-state index < -0.39 is 6.85 Å². The van der Waals surface area contributed by atoms with Gasteiger partial charge in [-0.3, -0.25) is 0 Å². The first kappa shape index (κ1) is 12.9. The Bertz CT molecular complexity index is 1020. The van der Waals surface area contributed by atoms with Crippen molar-refractivity contribution in [2.45, 2.75) is 52.9 Å². The van der Waals surface area contributed by atoms with Gasteiger partial charge in [0, 0.05) is 27.7 Å². The molecular weight excluding hydrogens is 304 g/mol. The van der Waals surface area contributed by atoms with E-state index in [1.165, 1.54) is 16.7 Å². The lowest BCUT2D eigenvalue weighted by atomic mass is 9.92. The highest BCUT2D eigenvalue weighted by Crippen LogP contribution is 2.34. The maximum Gasteiger partial charge on any atom is 0.295 e. The van der Waals surface area contributed by atoms with Gasteiger partial charge in [-0.15, -0.1) is 0 Å². The van der Waals surface area contributed by atoms with Crippen LogP contribution >= 0.6 is 0 Å². The van der Waals surface area contributed by atoms with Crippen LogP contribution in [0.3, 0.4) is 0 Å². The van der Waals surface area contributed by atoms with Gasteiger partial charge in [0.05, 0.1) is 5.56 Å². The second-order valence-electron chi connectivity index (χ2n) is 7.55. The van der Waals surface area contributed by atoms with Crippen LogP contribution in [0.15, 0.2) is 48.7 Å². The Kier molecular flexibility index (Phi) is 3.04. The second-order valence-corrected chi connectivity index (χ2v) is 7.55. The summed E-state index contributed by atoms with van der Waals surface area (Å²) in [5.41, 5.74) is 6.30. The van der Waals surface area contributed by atoms with Gasteiger partial charge >= 0.3 is 0 Å². The smallest absolute Gasteiger partial charge is 0.223 e. The van der Waals surface area contributed by atoms with Gasteiger partial charge < -0.3 is 0 Å². The van der Waals surface area contributed by atoms with Crippen LogP contribution in [0.2, 0.25) is 0 Å². The minimum Gasteiger partial charge on any atom is -0.223 e. The summed E-state index contributed by atoms with van der Waals surface area (Å²) in [5.74, 6) is 1.64. The zero-order valence-corrected chi connectivity index (χ0v) is 15.4. The Labute approximate surface area is 155 Å². The molecule has 2 aromatic carbocycles. The number of aromatic nitrogens is 2. The predicted octanol–water partition coefficient (Wildman–Crippen LogP) is 5.35. The monoisotopic (exact) mass is 334 g/mol. The summed E-state index contributed by atoms with van der Waals surface area (Å²) < 4.78 is 28.4. The molecule has 2 heterocycles. The molecule has 0 bridgehead atoms. The van der Waals surface area contributed by atoms with Crippen LogP contribution in [-0.2, 0) is 6.54 Å². The molecular formula is C23H27N2+. The number of hydrogen-bond acceptors (Lipinski definition) is 0. The fourth-order valence-electron chi connectivity index (χ4n) is 3.94. The molecule has 0 saturated carbocycles. The number of fused-ring (bicyclic) bond motifs is 3. The molecule has 1 aliphatic heterocycles. The molecule has 0 unspecified atom stereocenters. The number of nitrogens with zero attached hydrogens (tertiary/aromatic N) is 2. The Balaban J connectivity index is 2.10. The summed E-state index contributed by atoms with van der Waals surface area (Å²) in [5, 5.41) is 0. The number of rotatable bonds is 3. The molecule has 0 fully saturated rings. The van der Waals surface area contributed by atoms with Crippen LogP contribution in [0.25, 0.3) is 17.1 Å². The van der Waals surface area contributed by atoms with Gasteiger partial charge in [-0.1, -0.05) is 64.1 Å². The highest BCUT2D eigenvalue weighted by molar-refractivity contribution is 5.64. The molecule has 0 saturated heterocycles. The van der Waals surface area contributed by atoms with Crippen LogP contribution < -0.4 is 4.57 Å². The van der Waals surface area contributed by atoms with Crippen molar-refractivity contribution < 1.29 is 8.68 Å². The van der Waals surface area contributed by atoms with Crippen molar-refractivity contribution in [2.24, 2.45) is 0 Å². The molecule has 0 amide bonds. The first-order chi connectivity index (χ1) is 13.2. The fourth-order valence-corrected chi connectivity index (χ4v) is 3.94. The van der Waals surface area contributed by atoms with Crippen LogP contribution in [0.1, 0.15) is 66.0 Å². The van der Waals surface area contributed by atoms with Crippen molar-refractivity contribution in [1.82, 2.24) is 4.57 Å². The number of imidazole rings is 1. The molecule has 0 N–H and O–H groups in total. The van der Waals surface area contributed by atoms with Crippen molar-refractivity contribution in [2.75, 3.05) is 0 Å². The summed E-state index contributed by atoms with van der Waals surface area (Å²) in [6.07, 6.45) is 1.84. The molecule has 0 atom stereocenters. The van der Waals surface area contributed by atoms with E-state index in [4.69, 9.17) is 4.11 Å². The lowest BCUT2D eigenvalue weighted by molar-refractivity contribution is -0.584. The lowest BCUT2D eigenvalue weighted by Gasteiger charge is -2.17. The average Bonchev–Trinajstić information content (AvgIpc) is 3.17. The topological polar surface area (TPSA) is 8.81 Å². The Morgan fingerprint density at radius 2 is 1.64 bits per heavy atom. The zero-order chi connectivity index (χ0) is 20.2. The van der Waals surface area contributed by atoms with Crippen LogP contribution in [-0.4, -0.2) is 4.57 Å². The molecule has 1 aliphatic rings. The van der Waals surface area contributed by atoms with Gasteiger partial charge in [0.1, 0.15) is 24.1 Å². The Hall–Kier alpha value is -2.35. The fraction of sp³-hybridized carbons (Fsp3) is 0.348. The highest BCUT2D eigenvalue weighted by Gasteiger charge is 2.34. The third kappa shape index (κ3) is 2.43. The van der Waals surface area contributed by atoms with Crippen molar-refractivity contribution in [3.05, 3.63) is 71.0 Å². The molecule has 4 rings (SSSR count). The number of aryl methyl sites for hydroxylation is 1. The predicted molar refractivity (Wildman–Crippen MR) is 103 cm³/mol. The van der Waals surface area contributed by atoms with Gasteiger partial charge in [-0.25, -0.2) is 4.57 Å². The maximum absolute atomic E-state index is 8.10. The van der Waals surface area contributed by atoms with E-state index in [0.29, 0.717) is 24.1 Å². The summed E-state index contributed by atoms with van der Waals surface area (Å²) in [7, 11) is 0. The van der Waals surface area contributed by atoms with Crippen LogP contribution in [0, 0.1) is 6.85 Å². The number of hydrogen-bond donors (Lipinski definition) is 0. The van der Waals surface area contributed by atoms with Crippen LogP contribution in [0.4, 0.5) is 0 Å². The third-order valence-corrected chi connectivity index (χ3v) is 5.20. The zero-order valence-electron chi connectivity index (χ0n) is 18.4. The number of para-hydroxylation sites is 1. The quantitative estimate of drug-likeness (QED) is 0.447. The molecule has 128 valence electrons. The largest absolute Gasteiger partial charge is 0.295 e.